The molecule has 1 N–H and O–H groups in total. The number of likely N-dealkylation sites (N-methyl/N-ethyl adjacent to an activating group) is 1. The summed E-state index contributed by atoms with van der Waals surface area (Å²) < 4.78 is 0. The standard InChI is InChI=1S/C19H26N2/c1-3-15-20-19(17-11-7-5-8-12-17)16-21(4-2)18-13-9-6-10-14-18/h5-14,19-20H,3-4,15-16H2,1-2H3. The van der Waals surface area contributed by atoms with E-state index in [0.29, 0.717) is 6.04 Å². The summed E-state index contributed by atoms with van der Waals surface area (Å²) in [4.78, 5) is 2.43. The van der Waals surface area contributed by atoms with E-state index in [1.165, 1.54) is 11.3 Å². The molecule has 0 bridgehead atoms. The lowest BCUT2D eigenvalue weighted by atomic mass is 10.1. The number of hydrogen-bond acceptors (Lipinski definition) is 2. The first-order valence-electron chi connectivity index (χ1n) is 7.93. The second kappa shape index (κ2) is 8.48. The van der Waals surface area contributed by atoms with Gasteiger partial charge in [0.05, 0.1) is 0 Å². The Morgan fingerprint density at radius 2 is 1.52 bits per heavy atom. The Bertz CT molecular complexity index is 495. The van der Waals surface area contributed by atoms with Crippen LogP contribution in [0.2, 0.25) is 0 Å². The molecule has 0 aliphatic rings. The Kier molecular flexibility index (Phi) is 6.29. The van der Waals surface area contributed by atoms with Crippen LogP contribution >= 0.6 is 0 Å². The Morgan fingerprint density at radius 3 is 2.10 bits per heavy atom. The van der Waals surface area contributed by atoms with Crippen LogP contribution in [0.5, 0.6) is 0 Å². The number of para-hydroxylation sites is 1. The van der Waals surface area contributed by atoms with Crippen molar-refractivity contribution < 1.29 is 0 Å². The maximum Gasteiger partial charge on any atom is 0.0498 e. The van der Waals surface area contributed by atoms with E-state index >= 15 is 0 Å². The van der Waals surface area contributed by atoms with Crippen molar-refractivity contribution in [3.8, 4) is 0 Å². The van der Waals surface area contributed by atoms with E-state index in [1.54, 1.807) is 0 Å². The van der Waals surface area contributed by atoms with Crippen LogP contribution in [0.4, 0.5) is 5.69 Å². The van der Waals surface area contributed by atoms with Crippen molar-refractivity contribution in [3.63, 3.8) is 0 Å². The van der Waals surface area contributed by atoms with Crippen molar-refractivity contribution in [2.24, 2.45) is 0 Å². The predicted octanol–water partition coefficient (Wildman–Crippen LogP) is 4.25. The van der Waals surface area contributed by atoms with Gasteiger partial charge in [0.15, 0.2) is 0 Å². The molecular weight excluding hydrogens is 256 g/mol. The lowest BCUT2D eigenvalue weighted by Crippen LogP contribution is -2.35. The Labute approximate surface area is 128 Å². The molecule has 0 heterocycles. The minimum absolute atomic E-state index is 0.367. The molecule has 0 spiro atoms. The molecule has 1 atom stereocenters. The summed E-state index contributed by atoms with van der Waals surface area (Å²) in [5.74, 6) is 0. The summed E-state index contributed by atoms with van der Waals surface area (Å²) in [5.41, 5.74) is 2.65. The van der Waals surface area contributed by atoms with Gasteiger partial charge >= 0.3 is 0 Å². The molecule has 0 saturated carbocycles. The number of nitrogens with one attached hydrogen (secondary N) is 1. The maximum atomic E-state index is 3.68. The fourth-order valence-electron chi connectivity index (χ4n) is 2.57. The molecular formula is C19H26N2. The fourth-order valence-corrected chi connectivity index (χ4v) is 2.57. The van der Waals surface area contributed by atoms with Gasteiger partial charge in [-0.25, -0.2) is 0 Å². The SMILES string of the molecule is CCCNC(CN(CC)c1ccccc1)c1ccccc1. The zero-order valence-corrected chi connectivity index (χ0v) is 13.1. The van der Waals surface area contributed by atoms with E-state index in [2.05, 4.69) is 84.7 Å². The monoisotopic (exact) mass is 282 g/mol. The number of benzene rings is 2. The average molecular weight is 282 g/mol. The molecule has 2 nitrogen and oxygen atoms in total. The molecule has 112 valence electrons. The highest BCUT2D eigenvalue weighted by Gasteiger charge is 2.14. The molecule has 0 radical (unpaired) electrons. The van der Waals surface area contributed by atoms with Gasteiger partial charge in [-0.05, 0) is 37.6 Å². The summed E-state index contributed by atoms with van der Waals surface area (Å²) in [6.07, 6.45) is 1.15. The van der Waals surface area contributed by atoms with Gasteiger partial charge in [0.25, 0.3) is 0 Å². The first-order valence-corrected chi connectivity index (χ1v) is 7.93. The lowest BCUT2D eigenvalue weighted by Gasteiger charge is -2.29. The Morgan fingerprint density at radius 1 is 0.905 bits per heavy atom. The third kappa shape index (κ3) is 4.61. The number of anilines is 1. The normalized spacial score (nSPS) is 12.1. The van der Waals surface area contributed by atoms with Gasteiger partial charge in [0, 0.05) is 24.8 Å². The number of rotatable bonds is 8. The molecule has 21 heavy (non-hydrogen) atoms. The van der Waals surface area contributed by atoms with Crippen molar-refractivity contribution in [2.45, 2.75) is 26.3 Å². The number of nitrogens with zero attached hydrogens (tertiary/aromatic N) is 1. The van der Waals surface area contributed by atoms with E-state index in [9.17, 15) is 0 Å². The maximum absolute atomic E-state index is 3.68. The first-order chi connectivity index (χ1) is 10.3. The quantitative estimate of drug-likeness (QED) is 0.778. The van der Waals surface area contributed by atoms with E-state index in [4.69, 9.17) is 0 Å². The molecule has 0 aliphatic heterocycles. The van der Waals surface area contributed by atoms with Crippen molar-refractivity contribution in [1.29, 1.82) is 0 Å². The van der Waals surface area contributed by atoms with Crippen molar-refractivity contribution in [1.82, 2.24) is 5.32 Å². The van der Waals surface area contributed by atoms with Gasteiger partial charge in [-0.3, -0.25) is 0 Å². The fraction of sp³-hybridized carbons (Fsp3) is 0.368. The van der Waals surface area contributed by atoms with Crippen LogP contribution in [0.25, 0.3) is 0 Å². The number of hydrogen-bond donors (Lipinski definition) is 1. The highest BCUT2D eigenvalue weighted by atomic mass is 15.1. The van der Waals surface area contributed by atoms with Crippen LogP contribution < -0.4 is 10.2 Å². The van der Waals surface area contributed by atoms with Crippen molar-refractivity contribution >= 4 is 5.69 Å². The second-order valence-corrected chi connectivity index (χ2v) is 5.29. The van der Waals surface area contributed by atoms with Crippen LogP contribution in [0, 0.1) is 0 Å². The van der Waals surface area contributed by atoms with Gasteiger partial charge in [-0.2, -0.15) is 0 Å². The second-order valence-electron chi connectivity index (χ2n) is 5.29. The van der Waals surface area contributed by atoms with Crippen LogP contribution in [-0.2, 0) is 0 Å². The average Bonchev–Trinajstić information content (AvgIpc) is 2.57. The van der Waals surface area contributed by atoms with Crippen LogP contribution in [0.3, 0.4) is 0 Å². The molecule has 0 aliphatic carbocycles. The minimum atomic E-state index is 0.367. The van der Waals surface area contributed by atoms with Gasteiger partial charge < -0.3 is 10.2 Å². The van der Waals surface area contributed by atoms with Gasteiger partial charge in [-0.15, -0.1) is 0 Å². The van der Waals surface area contributed by atoms with Crippen LogP contribution in [-0.4, -0.2) is 19.6 Å². The molecule has 1 unspecified atom stereocenters. The topological polar surface area (TPSA) is 15.3 Å². The predicted molar refractivity (Wildman–Crippen MR) is 91.8 cm³/mol. The largest absolute Gasteiger partial charge is 0.370 e. The summed E-state index contributed by atoms with van der Waals surface area (Å²) in [5, 5.41) is 3.68. The minimum Gasteiger partial charge on any atom is -0.370 e. The summed E-state index contributed by atoms with van der Waals surface area (Å²) in [6.45, 7) is 7.48. The van der Waals surface area contributed by atoms with Gasteiger partial charge in [-0.1, -0.05) is 55.5 Å². The molecule has 0 saturated heterocycles. The first kappa shape index (κ1) is 15.6. The van der Waals surface area contributed by atoms with E-state index in [1.807, 2.05) is 0 Å². The smallest absolute Gasteiger partial charge is 0.0498 e. The van der Waals surface area contributed by atoms with E-state index < -0.39 is 0 Å². The Hall–Kier alpha value is -1.80. The lowest BCUT2D eigenvalue weighted by molar-refractivity contribution is 0.523. The summed E-state index contributed by atoms with van der Waals surface area (Å²) in [6, 6.07) is 21.8. The van der Waals surface area contributed by atoms with Gasteiger partial charge in [0.1, 0.15) is 0 Å². The third-order valence-corrected chi connectivity index (χ3v) is 3.75. The highest BCUT2D eigenvalue weighted by molar-refractivity contribution is 5.46. The zero-order valence-electron chi connectivity index (χ0n) is 13.1. The molecule has 2 aromatic rings. The van der Waals surface area contributed by atoms with Crippen molar-refractivity contribution in [3.05, 3.63) is 66.2 Å². The molecule has 2 aromatic carbocycles. The molecule has 2 rings (SSSR count). The third-order valence-electron chi connectivity index (χ3n) is 3.75. The summed E-state index contributed by atoms with van der Waals surface area (Å²) >= 11 is 0. The highest BCUT2D eigenvalue weighted by Crippen LogP contribution is 2.19. The Balaban J connectivity index is 2.13. The van der Waals surface area contributed by atoms with Crippen LogP contribution in [0.15, 0.2) is 60.7 Å². The molecule has 0 aromatic heterocycles. The molecule has 2 heteroatoms. The summed E-state index contributed by atoms with van der Waals surface area (Å²) in [7, 11) is 0. The van der Waals surface area contributed by atoms with E-state index in [-0.39, 0.29) is 0 Å². The molecule has 0 fully saturated rings. The van der Waals surface area contributed by atoms with Crippen LogP contribution in [0.1, 0.15) is 31.9 Å². The zero-order chi connectivity index (χ0) is 14.9. The van der Waals surface area contributed by atoms with Gasteiger partial charge in [0.2, 0.25) is 0 Å². The molecule has 0 amide bonds. The van der Waals surface area contributed by atoms with Crippen molar-refractivity contribution in [2.75, 3.05) is 24.5 Å². The van der Waals surface area contributed by atoms with E-state index in [0.717, 1.165) is 26.1 Å².